The third-order valence-corrected chi connectivity index (χ3v) is 3.99. The van der Waals surface area contributed by atoms with Gasteiger partial charge in [-0.25, -0.2) is 4.98 Å². The molecule has 9 heteroatoms. The Bertz CT molecular complexity index is 565. The van der Waals surface area contributed by atoms with Gasteiger partial charge in [0.05, 0.1) is 0 Å². The zero-order valence-electron chi connectivity index (χ0n) is 12.9. The van der Waals surface area contributed by atoms with Crippen LogP contribution in [0, 0.1) is 0 Å². The summed E-state index contributed by atoms with van der Waals surface area (Å²) in [6.45, 7) is 2.63. The number of carbonyl (C=O) groups is 1. The van der Waals surface area contributed by atoms with E-state index in [9.17, 15) is 4.79 Å². The van der Waals surface area contributed by atoms with Gasteiger partial charge in [-0.15, -0.1) is 24.8 Å². The largest absolute Gasteiger partial charge is 0.350 e. The summed E-state index contributed by atoms with van der Waals surface area (Å²) in [5, 5.41) is 13.4. The summed E-state index contributed by atoms with van der Waals surface area (Å²) >= 11 is 1.57. The van der Waals surface area contributed by atoms with E-state index in [2.05, 4.69) is 25.8 Å². The van der Waals surface area contributed by atoms with Gasteiger partial charge in [-0.05, 0) is 31.7 Å². The van der Waals surface area contributed by atoms with Crippen molar-refractivity contribution in [2.45, 2.75) is 23.9 Å². The van der Waals surface area contributed by atoms with E-state index < -0.39 is 0 Å². The molecule has 6 nitrogen and oxygen atoms in total. The second kappa shape index (κ2) is 11.3. The molecule has 2 rings (SSSR count). The summed E-state index contributed by atoms with van der Waals surface area (Å²) in [6, 6.07) is 7.86. The molecule has 1 amide bonds. The van der Waals surface area contributed by atoms with Crippen molar-refractivity contribution < 1.29 is 4.79 Å². The van der Waals surface area contributed by atoms with Gasteiger partial charge < -0.3 is 10.6 Å². The first-order valence-electron chi connectivity index (χ1n) is 6.71. The third-order valence-electron chi connectivity index (χ3n) is 3.05. The van der Waals surface area contributed by atoms with Gasteiger partial charge in [0, 0.05) is 23.9 Å². The van der Waals surface area contributed by atoms with Crippen molar-refractivity contribution in [3.63, 3.8) is 0 Å². The number of likely N-dealkylation sites (N-methyl/N-ethyl adjacent to an activating group) is 1. The minimum absolute atomic E-state index is 0. The van der Waals surface area contributed by atoms with Crippen LogP contribution < -0.4 is 10.6 Å². The highest BCUT2D eigenvalue weighted by Crippen LogP contribution is 2.18. The number of hydrogen-bond donors (Lipinski definition) is 3. The first-order valence-corrected chi connectivity index (χ1v) is 7.70. The lowest BCUT2D eigenvalue weighted by atomic mass is 10.1. The summed E-state index contributed by atoms with van der Waals surface area (Å²) in [5.74, 6) is 0.736. The molecule has 0 radical (unpaired) electrons. The summed E-state index contributed by atoms with van der Waals surface area (Å²) in [6.07, 6.45) is 1.49. The van der Waals surface area contributed by atoms with Crippen molar-refractivity contribution in [2.24, 2.45) is 0 Å². The maximum Gasteiger partial charge on any atom is 0.251 e. The van der Waals surface area contributed by atoms with E-state index in [1.165, 1.54) is 6.33 Å². The molecule has 23 heavy (non-hydrogen) atoms. The van der Waals surface area contributed by atoms with E-state index in [0.717, 1.165) is 16.5 Å². The molecule has 1 unspecified atom stereocenters. The van der Waals surface area contributed by atoms with Crippen LogP contribution in [0.1, 0.15) is 22.8 Å². The Balaban J connectivity index is 0.00000242. The summed E-state index contributed by atoms with van der Waals surface area (Å²) in [4.78, 5) is 16.0. The van der Waals surface area contributed by atoms with Crippen molar-refractivity contribution in [1.82, 2.24) is 25.8 Å². The first-order chi connectivity index (χ1) is 10.2. The van der Waals surface area contributed by atoms with Crippen LogP contribution in [0.5, 0.6) is 0 Å². The maximum atomic E-state index is 12.0. The molecule has 2 aromatic rings. The van der Waals surface area contributed by atoms with Crippen LogP contribution in [0.2, 0.25) is 0 Å². The number of nitrogens with zero attached hydrogens (tertiary/aromatic N) is 2. The Labute approximate surface area is 152 Å². The number of nitrogens with one attached hydrogen (secondary N) is 3. The van der Waals surface area contributed by atoms with Gasteiger partial charge in [0.2, 0.25) is 0 Å². The number of amides is 1. The number of H-pyrrole nitrogens is 1. The van der Waals surface area contributed by atoms with Gasteiger partial charge in [0.15, 0.2) is 5.16 Å². The van der Waals surface area contributed by atoms with E-state index >= 15 is 0 Å². The van der Waals surface area contributed by atoms with Crippen molar-refractivity contribution in [2.75, 3.05) is 13.6 Å². The van der Waals surface area contributed by atoms with E-state index in [1.807, 2.05) is 38.2 Å². The number of thioether (sulfide) groups is 1. The summed E-state index contributed by atoms with van der Waals surface area (Å²) in [7, 11) is 1.87. The van der Waals surface area contributed by atoms with Crippen molar-refractivity contribution in [3.05, 3.63) is 41.7 Å². The monoisotopic (exact) mass is 377 g/mol. The van der Waals surface area contributed by atoms with E-state index in [1.54, 1.807) is 11.8 Å². The van der Waals surface area contributed by atoms with Gasteiger partial charge in [-0.1, -0.05) is 23.9 Å². The van der Waals surface area contributed by atoms with Crippen LogP contribution in [0.15, 0.2) is 35.7 Å². The molecule has 0 bridgehead atoms. The zero-order valence-corrected chi connectivity index (χ0v) is 15.4. The molecular formula is C14H21Cl2N5OS. The summed E-state index contributed by atoms with van der Waals surface area (Å²) < 4.78 is 0. The lowest BCUT2D eigenvalue weighted by molar-refractivity contribution is 0.0950. The van der Waals surface area contributed by atoms with Gasteiger partial charge in [-0.3, -0.25) is 9.89 Å². The van der Waals surface area contributed by atoms with Gasteiger partial charge >= 0.3 is 0 Å². The predicted molar refractivity (Wildman–Crippen MR) is 97.7 cm³/mol. The molecule has 0 saturated carbocycles. The van der Waals surface area contributed by atoms with Gasteiger partial charge in [0.25, 0.3) is 5.91 Å². The van der Waals surface area contributed by atoms with Crippen LogP contribution in [0.25, 0.3) is 0 Å². The molecule has 0 spiro atoms. The number of hydrogen-bond acceptors (Lipinski definition) is 5. The molecule has 0 aliphatic carbocycles. The number of aromatic nitrogens is 3. The number of halogens is 2. The fraction of sp³-hybridized carbons (Fsp3) is 0.357. The number of benzene rings is 1. The normalized spacial score (nSPS) is 11.0. The zero-order chi connectivity index (χ0) is 15.1. The van der Waals surface area contributed by atoms with Crippen molar-refractivity contribution >= 4 is 42.5 Å². The van der Waals surface area contributed by atoms with Crippen LogP contribution >= 0.6 is 36.6 Å². The first kappa shape index (κ1) is 21.7. The molecule has 3 N–H and O–H groups in total. The molecule has 0 fully saturated rings. The van der Waals surface area contributed by atoms with E-state index in [4.69, 9.17) is 0 Å². The average molecular weight is 378 g/mol. The lowest BCUT2D eigenvalue weighted by Crippen LogP contribution is -2.37. The quantitative estimate of drug-likeness (QED) is 0.644. The van der Waals surface area contributed by atoms with Crippen LogP contribution in [0.4, 0.5) is 0 Å². The molecule has 128 valence electrons. The topological polar surface area (TPSA) is 82.7 Å². The maximum absolute atomic E-state index is 12.0. The fourth-order valence-electron chi connectivity index (χ4n) is 1.62. The Kier molecular flexibility index (Phi) is 10.7. The molecule has 1 aromatic heterocycles. The number of carbonyl (C=O) groups excluding carboxylic acids is 1. The standard InChI is InChI=1S/C14H19N5OS.2ClH/c1-10(15-2)7-16-13(20)12-5-3-11(4-6-12)8-21-14-17-9-18-19-14;;/h3-6,9-10,15H,7-8H2,1-2H3,(H,16,20)(H,17,18,19);2*1H. The minimum Gasteiger partial charge on any atom is -0.350 e. The second-order valence-corrected chi connectivity index (χ2v) is 5.64. The minimum atomic E-state index is -0.0495. The SMILES string of the molecule is CNC(C)CNC(=O)c1ccc(CSc2ncn[nH]2)cc1.Cl.Cl. The van der Waals surface area contributed by atoms with E-state index in [-0.39, 0.29) is 36.8 Å². The molecule has 0 aliphatic rings. The molecule has 0 aliphatic heterocycles. The van der Waals surface area contributed by atoms with Crippen LogP contribution in [-0.4, -0.2) is 40.7 Å². The molecule has 0 saturated heterocycles. The number of rotatable bonds is 7. The van der Waals surface area contributed by atoms with Crippen molar-refractivity contribution in [3.8, 4) is 0 Å². The molecule has 1 atom stereocenters. The lowest BCUT2D eigenvalue weighted by Gasteiger charge is -2.11. The molecule has 1 aromatic carbocycles. The Morgan fingerprint density at radius 3 is 2.57 bits per heavy atom. The van der Waals surface area contributed by atoms with Gasteiger partial charge in [0.1, 0.15) is 6.33 Å². The highest BCUT2D eigenvalue weighted by atomic mass is 35.5. The van der Waals surface area contributed by atoms with Crippen LogP contribution in [-0.2, 0) is 5.75 Å². The Hall–Kier alpha value is -1.28. The highest BCUT2D eigenvalue weighted by Gasteiger charge is 2.07. The Morgan fingerprint density at radius 2 is 2.00 bits per heavy atom. The van der Waals surface area contributed by atoms with E-state index in [0.29, 0.717) is 12.1 Å². The molecule has 1 heterocycles. The predicted octanol–water partition coefficient (Wildman–Crippen LogP) is 2.28. The van der Waals surface area contributed by atoms with Crippen LogP contribution in [0.3, 0.4) is 0 Å². The fourth-order valence-corrected chi connectivity index (χ4v) is 2.35. The average Bonchev–Trinajstić information content (AvgIpc) is 3.04. The van der Waals surface area contributed by atoms with Crippen molar-refractivity contribution in [1.29, 1.82) is 0 Å². The number of aromatic amines is 1. The third kappa shape index (κ3) is 7.22. The Morgan fingerprint density at radius 1 is 1.30 bits per heavy atom. The van der Waals surface area contributed by atoms with Gasteiger partial charge in [-0.2, -0.15) is 5.10 Å². The highest BCUT2D eigenvalue weighted by molar-refractivity contribution is 7.98. The molecular weight excluding hydrogens is 357 g/mol. The smallest absolute Gasteiger partial charge is 0.251 e. The summed E-state index contributed by atoms with van der Waals surface area (Å²) in [5.41, 5.74) is 1.81. The second-order valence-electron chi connectivity index (χ2n) is 4.68.